The molecule has 0 bridgehead atoms. The highest BCUT2D eigenvalue weighted by molar-refractivity contribution is 5.63. The zero-order valence-corrected chi connectivity index (χ0v) is 19.3. The third-order valence-corrected chi connectivity index (χ3v) is 6.82. The number of hydrogen-bond donors (Lipinski definition) is 8. The summed E-state index contributed by atoms with van der Waals surface area (Å²) in [6.45, 7) is -1.33. The van der Waals surface area contributed by atoms with Crippen molar-refractivity contribution in [1.82, 2.24) is 0 Å². The maximum atomic E-state index is 11.4. The zero-order chi connectivity index (χ0) is 26.0. The molecule has 0 aromatic heterocycles. The van der Waals surface area contributed by atoms with Gasteiger partial charge in [0.25, 0.3) is 0 Å². The summed E-state index contributed by atoms with van der Waals surface area (Å²) in [5.41, 5.74) is -0.116. The molecule has 2 aromatic carbocycles. The lowest BCUT2D eigenvalue weighted by atomic mass is 9.77. The highest BCUT2D eigenvalue weighted by atomic mass is 16.7. The number of ether oxygens (including phenoxy) is 3. The Morgan fingerprint density at radius 3 is 2.17 bits per heavy atom. The van der Waals surface area contributed by atoms with Gasteiger partial charge in [-0.15, -0.1) is 0 Å². The van der Waals surface area contributed by atoms with Gasteiger partial charge in [-0.1, -0.05) is 54.6 Å². The van der Waals surface area contributed by atoms with Crippen molar-refractivity contribution in [3.63, 3.8) is 0 Å². The first kappa shape index (κ1) is 27.0. The number of rotatable bonds is 7. The standard InChI is InChI=1S/C25H32O11/c26-10-17-19(29)22(31)25(33,23(32)21-20(30)18(28)16(27)12-34-21)24(36-17)35-11-13-6-8-15(9-7-13)14-4-2-1-3-5-14/h1-9,16-24,26-33H,10-12H2/t16-,17+,18+,19+,20-,21-,22-,23?,24-,25-/m0/s1. The molecule has 2 aliphatic heterocycles. The van der Waals surface area contributed by atoms with E-state index in [4.69, 9.17) is 14.2 Å². The van der Waals surface area contributed by atoms with Gasteiger partial charge in [-0.25, -0.2) is 0 Å². The maximum Gasteiger partial charge on any atom is 0.192 e. The van der Waals surface area contributed by atoms with Crippen LogP contribution < -0.4 is 0 Å². The number of aliphatic hydroxyl groups excluding tert-OH is 7. The van der Waals surface area contributed by atoms with Crippen molar-refractivity contribution in [2.45, 2.75) is 67.3 Å². The fourth-order valence-electron chi connectivity index (χ4n) is 4.57. The molecule has 2 aromatic rings. The molecule has 0 amide bonds. The first-order chi connectivity index (χ1) is 17.2. The fraction of sp³-hybridized carbons (Fsp3) is 0.520. The van der Waals surface area contributed by atoms with Crippen LogP contribution in [0.1, 0.15) is 5.56 Å². The summed E-state index contributed by atoms with van der Waals surface area (Å²) in [6, 6.07) is 17.0. The van der Waals surface area contributed by atoms with Crippen LogP contribution in [0, 0.1) is 0 Å². The van der Waals surface area contributed by atoms with E-state index in [1.807, 2.05) is 42.5 Å². The molecule has 0 spiro atoms. The molecule has 2 aliphatic rings. The lowest BCUT2D eigenvalue weighted by molar-refractivity contribution is -0.375. The van der Waals surface area contributed by atoms with E-state index in [0.717, 1.165) is 11.1 Å². The Morgan fingerprint density at radius 1 is 0.889 bits per heavy atom. The van der Waals surface area contributed by atoms with E-state index in [1.54, 1.807) is 12.1 Å². The SMILES string of the molecule is OC[C@H]1O[C@H](OCc2ccc(-c3ccccc3)cc2)[C@@](O)(C(O)[C@H]2OC[C@H](O)[C@@H](O)[C@@H]2O)[C@@H](O)[C@@H]1O. The molecule has 0 saturated carbocycles. The molecule has 0 aliphatic carbocycles. The highest BCUT2D eigenvalue weighted by Gasteiger charge is 2.62. The topological polar surface area (TPSA) is 190 Å². The van der Waals surface area contributed by atoms with Crippen LogP contribution in [0.5, 0.6) is 0 Å². The average molecular weight is 509 g/mol. The van der Waals surface area contributed by atoms with Crippen molar-refractivity contribution in [3.05, 3.63) is 60.2 Å². The molecule has 2 saturated heterocycles. The van der Waals surface area contributed by atoms with E-state index >= 15 is 0 Å². The molecular weight excluding hydrogens is 476 g/mol. The van der Waals surface area contributed by atoms with E-state index < -0.39 is 73.9 Å². The van der Waals surface area contributed by atoms with Crippen molar-refractivity contribution >= 4 is 0 Å². The van der Waals surface area contributed by atoms with Gasteiger partial charge < -0.3 is 55.1 Å². The molecule has 2 heterocycles. The Morgan fingerprint density at radius 2 is 1.53 bits per heavy atom. The number of benzene rings is 2. The van der Waals surface area contributed by atoms with Crippen LogP contribution in [0.2, 0.25) is 0 Å². The van der Waals surface area contributed by atoms with E-state index in [-0.39, 0.29) is 6.61 Å². The Labute approximate surface area is 207 Å². The van der Waals surface area contributed by atoms with Crippen LogP contribution in [0.15, 0.2) is 54.6 Å². The normalized spacial score (nSPS) is 38.0. The molecule has 10 atom stereocenters. The van der Waals surface area contributed by atoms with Crippen molar-refractivity contribution in [2.75, 3.05) is 13.2 Å². The third-order valence-electron chi connectivity index (χ3n) is 6.82. The quantitative estimate of drug-likeness (QED) is 0.204. The van der Waals surface area contributed by atoms with Crippen molar-refractivity contribution in [2.24, 2.45) is 0 Å². The minimum Gasteiger partial charge on any atom is -0.394 e. The summed E-state index contributed by atoms with van der Waals surface area (Å²) in [4.78, 5) is 0. The Balaban J connectivity index is 1.54. The van der Waals surface area contributed by atoms with Gasteiger partial charge in [0.1, 0.15) is 48.8 Å². The van der Waals surface area contributed by atoms with E-state index in [0.29, 0.717) is 5.56 Å². The van der Waals surface area contributed by atoms with Gasteiger partial charge >= 0.3 is 0 Å². The Bertz CT molecular complexity index is 974. The van der Waals surface area contributed by atoms with Crippen LogP contribution >= 0.6 is 0 Å². The molecular formula is C25H32O11. The second kappa shape index (κ2) is 11.2. The molecule has 36 heavy (non-hydrogen) atoms. The first-order valence-electron chi connectivity index (χ1n) is 11.6. The Kier molecular flexibility index (Phi) is 8.39. The second-order valence-electron chi connectivity index (χ2n) is 9.18. The highest BCUT2D eigenvalue weighted by Crippen LogP contribution is 2.37. The smallest absolute Gasteiger partial charge is 0.192 e. The van der Waals surface area contributed by atoms with Gasteiger partial charge in [0.2, 0.25) is 0 Å². The van der Waals surface area contributed by atoms with Gasteiger partial charge in [0, 0.05) is 0 Å². The van der Waals surface area contributed by atoms with Crippen LogP contribution in [0.25, 0.3) is 11.1 Å². The molecule has 1 unspecified atom stereocenters. The van der Waals surface area contributed by atoms with Gasteiger partial charge in [0.15, 0.2) is 11.9 Å². The summed E-state index contributed by atoms with van der Waals surface area (Å²) in [5, 5.41) is 83.1. The van der Waals surface area contributed by atoms with Crippen molar-refractivity contribution in [3.8, 4) is 11.1 Å². The molecule has 2 fully saturated rings. The van der Waals surface area contributed by atoms with Gasteiger partial charge in [-0.3, -0.25) is 0 Å². The van der Waals surface area contributed by atoms with Crippen molar-refractivity contribution < 1.29 is 55.1 Å². The molecule has 0 radical (unpaired) electrons. The summed E-state index contributed by atoms with van der Waals surface area (Å²) in [6.07, 6.45) is -15.8. The predicted octanol–water partition coefficient (Wildman–Crippen LogP) is -2.12. The zero-order valence-electron chi connectivity index (χ0n) is 19.3. The first-order valence-corrected chi connectivity index (χ1v) is 11.6. The second-order valence-corrected chi connectivity index (χ2v) is 9.18. The summed E-state index contributed by atoms with van der Waals surface area (Å²) >= 11 is 0. The van der Waals surface area contributed by atoms with Gasteiger partial charge in [-0.2, -0.15) is 0 Å². The number of aliphatic hydroxyl groups is 8. The fourth-order valence-corrected chi connectivity index (χ4v) is 4.57. The lowest BCUT2D eigenvalue weighted by Crippen LogP contribution is -2.75. The van der Waals surface area contributed by atoms with Crippen LogP contribution in [-0.4, -0.2) is 115 Å². The molecule has 198 valence electrons. The largest absolute Gasteiger partial charge is 0.394 e. The molecule has 11 heteroatoms. The Hall–Kier alpha value is -2.00. The predicted molar refractivity (Wildman–Crippen MR) is 123 cm³/mol. The monoisotopic (exact) mass is 508 g/mol. The van der Waals surface area contributed by atoms with E-state index in [9.17, 15) is 40.9 Å². The van der Waals surface area contributed by atoms with Crippen molar-refractivity contribution in [1.29, 1.82) is 0 Å². The third kappa shape index (κ3) is 5.05. The summed E-state index contributed by atoms with van der Waals surface area (Å²) < 4.78 is 16.4. The van der Waals surface area contributed by atoms with Crippen LogP contribution in [-0.2, 0) is 20.8 Å². The molecule has 4 rings (SSSR count). The van der Waals surface area contributed by atoms with Gasteiger partial charge in [-0.05, 0) is 16.7 Å². The van der Waals surface area contributed by atoms with Crippen LogP contribution in [0.4, 0.5) is 0 Å². The minimum atomic E-state index is -2.75. The summed E-state index contributed by atoms with van der Waals surface area (Å²) in [7, 11) is 0. The number of hydrogen-bond acceptors (Lipinski definition) is 11. The van der Waals surface area contributed by atoms with Crippen LogP contribution in [0.3, 0.4) is 0 Å². The molecule has 8 N–H and O–H groups in total. The molecule has 11 nitrogen and oxygen atoms in total. The maximum absolute atomic E-state index is 11.4. The van der Waals surface area contributed by atoms with E-state index in [1.165, 1.54) is 0 Å². The minimum absolute atomic E-state index is 0.148. The summed E-state index contributed by atoms with van der Waals surface area (Å²) in [5.74, 6) is 0. The lowest BCUT2D eigenvalue weighted by Gasteiger charge is -2.52. The van der Waals surface area contributed by atoms with Gasteiger partial charge in [0.05, 0.1) is 19.8 Å². The van der Waals surface area contributed by atoms with E-state index in [2.05, 4.69) is 0 Å². The average Bonchev–Trinajstić information content (AvgIpc) is 2.90.